The van der Waals surface area contributed by atoms with Gasteiger partial charge in [0.2, 0.25) is 0 Å². The van der Waals surface area contributed by atoms with Crippen LogP contribution in [0.1, 0.15) is 28.9 Å². The standard InChI is InChI=1S/C17H19NO3/c1-2-21-16-11-7-6-10-14(16)17(20)18-15(12-19)13-8-4-3-5-9-13/h3-11,15,19H,2,12H2,1H3,(H,18,20)/t15-/m1/s1. The summed E-state index contributed by atoms with van der Waals surface area (Å²) in [7, 11) is 0. The predicted molar refractivity (Wildman–Crippen MR) is 81.3 cm³/mol. The maximum Gasteiger partial charge on any atom is 0.255 e. The zero-order valence-corrected chi connectivity index (χ0v) is 12.0. The van der Waals surface area contributed by atoms with Crippen molar-refractivity contribution in [2.24, 2.45) is 0 Å². The van der Waals surface area contributed by atoms with Gasteiger partial charge in [0.15, 0.2) is 0 Å². The molecule has 1 amide bonds. The number of benzene rings is 2. The quantitative estimate of drug-likeness (QED) is 0.857. The highest BCUT2D eigenvalue weighted by molar-refractivity contribution is 5.97. The van der Waals surface area contributed by atoms with Crippen molar-refractivity contribution >= 4 is 5.91 Å². The van der Waals surface area contributed by atoms with Crippen LogP contribution in [0.3, 0.4) is 0 Å². The lowest BCUT2D eigenvalue weighted by Crippen LogP contribution is -2.31. The highest BCUT2D eigenvalue weighted by atomic mass is 16.5. The number of nitrogens with one attached hydrogen (secondary N) is 1. The fourth-order valence-electron chi connectivity index (χ4n) is 2.09. The predicted octanol–water partition coefficient (Wildman–Crippen LogP) is 2.55. The third-order valence-electron chi connectivity index (χ3n) is 3.12. The summed E-state index contributed by atoms with van der Waals surface area (Å²) in [5.41, 5.74) is 1.33. The number of ether oxygens (including phenoxy) is 1. The zero-order chi connectivity index (χ0) is 15.1. The number of hydrogen-bond acceptors (Lipinski definition) is 3. The van der Waals surface area contributed by atoms with Crippen LogP contribution in [-0.4, -0.2) is 24.2 Å². The van der Waals surface area contributed by atoms with Gasteiger partial charge in [-0.15, -0.1) is 0 Å². The van der Waals surface area contributed by atoms with Gasteiger partial charge in [0.05, 0.1) is 24.8 Å². The van der Waals surface area contributed by atoms with Crippen LogP contribution < -0.4 is 10.1 Å². The summed E-state index contributed by atoms with van der Waals surface area (Å²) in [6, 6.07) is 16.0. The van der Waals surface area contributed by atoms with Crippen molar-refractivity contribution in [2.45, 2.75) is 13.0 Å². The SMILES string of the molecule is CCOc1ccccc1C(=O)N[C@H](CO)c1ccccc1. The Kier molecular flexibility index (Phi) is 5.35. The third-order valence-corrected chi connectivity index (χ3v) is 3.12. The van der Waals surface area contributed by atoms with Gasteiger partial charge in [-0.05, 0) is 24.6 Å². The number of aliphatic hydroxyl groups is 1. The Hall–Kier alpha value is -2.33. The summed E-state index contributed by atoms with van der Waals surface area (Å²) >= 11 is 0. The molecule has 1 atom stereocenters. The van der Waals surface area contributed by atoms with Crippen LogP contribution in [0.25, 0.3) is 0 Å². The first-order valence-electron chi connectivity index (χ1n) is 6.94. The van der Waals surface area contributed by atoms with E-state index in [1.807, 2.05) is 43.3 Å². The summed E-state index contributed by atoms with van der Waals surface area (Å²) < 4.78 is 5.46. The van der Waals surface area contributed by atoms with E-state index in [1.165, 1.54) is 0 Å². The molecular weight excluding hydrogens is 266 g/mol. The topological polar surface area (TPSA) is 58.6 Å². The maximum absolute atomic E-state index is 12.4. The molecule has 2 aromatic rings. The number of para-hydroxylation sites is 1. The molecule has 0 saturated carbocycles. The molecule has 0 saturated heterocycles. The lowest BCUT2D eigenvalue weighted by Gasteiger charge is -2.18. The van der Waals surface area contributed by atoms with Gasteiger partial charge in [0.1, 0.15) is 5.75 Å². The lowest BCUT2D eigenvalue weighted by atomic mass is 10.1. The zero-order valence-electron chi connectivity index (χ0n) is 12.0. The molecule has 0 heterocycles. The summed E-state index contributed by atoms with van der Waals surface area (Å²) in [5.74, 6) is 0.282. The molecule has 110 valence electrons. The molecule has 0 radical (unpaired) electrons. The first-order valence-corrected chi connectivity index (χ1v) is 6.94. The summed E-state index contributed by atoms with van der Waals surface area (Å²) in [5, 5.41) is 12.3. The van der Waals surface area contributed by atoms with Gasteiger partial charge in [-0.2, -0.15) is 0 Å². The van der Waals surface area contributed by atoms with E-state index in [-0.39, 0.29) is 12.5 Å². The van der Waals surface area contributed by atoms with Crippen molar-refractivity contribution in [1.29, 1.82) is 0 Å². The van der Waals surface area contributed by atoms with E-state index >= 15 is 0 Å². The Labute approximate surface area is 124 Å². The first-order chi connectivity index (χ1) is 10.3. The minimum absolute atomic E-state index is 0.160. The molecule has 2 aromatic carbocycles. The molecule has 0 aliphatic heterocycles. The minimum atomic E-state index is -0.437. The average Bonchev–Trinajstić information content (AvgIpc) is 2.54. The number of aliphatic hydroxyl groups excluding tert-OH is 1. The number of hydrogen-bond donors (Lipinski definition) is 2. The minimum Gasteiger partial charge on any atom is -0.493 e. The monoisotopic (exact) mass is 285 g/mol. The highest BCUT2D eigenvalue weighted by Gasteiger charge is 2.17. The summed E-state index contributed by atoms with van der Waals surface area (Å²) in [4.78, 5) is 12.4. The number of rotatable bonds is 6. The van der Waals surface area contributed by atoms with E-state index in [0.717, 1.165) is 5.56 Å². The van der Waals surface area contributed by atoms with Crippen LogP contribution in [0.2, 0.25) is 0 Å². The second-order valence-corrected chi connectivity index (χ2v) is 4.55. The Morgan fingerprint density at radius 1 is 1.14 bits per heavy atom. The summed E-state index contributed by atoms with van der Waals surface area (Å²) in [6.45, 7) is 2.20. The molecule has 0 bridgehead atoms. The van der Waals surface area contributed by atoms with Gasteiger partial charge in [-0.1, -0.05) is 42.5 Å². The second kappa shape index (κ2) is 7.45. The largest absolute Gasteiger partial charge is 0.493 e. The molecular formula is C17H19NO3. The fourth-order valence-corrected chi connectivity index (χ4v) is 2.09. The van der Waals surface area contributed by atoms with Crippen molar-refractivity contribution in [2.75, 3.05) is 13.2 Å². The van der Waals surface area contributed by atoms with Crippen molar-refractivity contribution in [3.05, 3.63) is 65.7 Å². The van der Waals surface area contributed by atoms with Crippen molar-refractivity contribution in [1.82, 2.24) is 5.32 Å². The number of carbonyl (C=O) groups is 1. The van der Waals surface area contributed by atoms with Crippen molar-refractivity contribution < 1.29 is 14.6 Å². The fraction of sp³-hybridized carbons (Fsp3) is 0.235. The second-order valence-electron chi connectivity index (χ2n) is 4.55. The molecule has 0 spiro atoms. The molecule has 2 N–H and O–H groups in total. The first kappa shape index (κ1) is 15.1. The average molecular weight is 285 g/mol. The molecule has 0 aliphatic carbocycles. The van der Waals surface area contributed by atoms with E-state index < -0.39 is 6.04 Å². The normalized spacial score (nSPS) is 11.7. The summed E-state index contributed by atoms with van der Waals surface area (Å²) in [6.07, 6.45) is 0. The van der Waals surface area contributed by atoms with Crippen LogP contribution in [0.15, 0.2) is 54.6 Å². The van der Waals surface area contributed by atoms with E-state index in [0.29, 0.717) is 17.9 Å². The maximum atomic E-state index is 12.4. The molecule has 2 rings (SSSR count). The Bertz CT molecular complexity index is 584. The van der Waals surface area contributed by atoms with E-state index in [4.69, 9.17) is 4.74 Å². The van der Waals surface area contributed by atoms with Gasteiger partial charge >= 0.3 is 0 Å². The lowest BCUT2D eigenvalue weighted by molar-refractivity contribution is 0.0912. The van der Waals surface area contributed by atoms with E-state index in [2.05, 4.69) is 5.32 Å². The van der Waals surface area contributed by atoms with Gasteiger partial charge in [0, 0.05) is 0 Å². The smallest absolute Gasteiger partial charge is 0.255 e. The van der Waals surface area contributed by atoms with Gasteiger partial charge < -0.3 is 15.2 Å². The van der Waals surface area contributed by atoms with Gasteiger partial charge in [-0.25, -0.2) is 0 Å². The van der Waals surface area contributed by atoms with Gasteiger partial charge in [-0.3, -0.25) is 4.79 Å². The highest BCUT2D eigenvalue weighted by Crippen LogP contribution is 2.19. The van der Waals surface area contributed by atoms with Crippen LogP contribution in [0, 0.1) is 0 Å². The Morgan fingerprint density at radius 3 is 2.48 bits per heavy atom. The van der Waals surface area contributed by atoms with Crippen molar-refractivity contribution in [3.63, 3.8) is 0 Å². The van der Waals surface area contributed by atoms with Gasteiger partial charge in [0.25, 0.3) is 5.91 Å². The van der Waals surface area contributed by atoms with Crippen LogP contribution >= 0.6 is 0 Å². The molecule has 4 nitrogen and oxygen atoms in total. The van der Waals surface area contributed by atoms with Crippen LogP contribution in [-0.2, 0) is 0 Å². The van der Waals surface area contributed by atoms with E-state index in [9.17, 15) is 9.90 Å². The molecule has 0 unspecified atom stereocenters. The molecule has 0 aromatic heterocycles. The van der Waals surface area contributed by atoms with Crippen LogP contribution in [0.4, 0.5) is 0 Å². The molecule has 0 aliphatic rings. The Balaban J connectivity index is 2.17. The number of amides is 1. The Morgan fingerprint density at radius 2 is 1.81 bits per heavy atom. The van der Waals surface area contributed by atoms with Crippen molar-refractivity contribution in [3.8, 4) is 5.75 Å². The van der Waals surface area contributed by atoms with E-state index in [1.54, 1.807) is 18.2 Å². The molecule has 0 fully saturated rings. The van der Waals surface area contributed by atoms with Crippen LogP contribution in [0.5, 0.6) is 5.75 Å². The molecule has 4 heteroatoms. The third kappa shape index (κ3) is 3.83. The number of carbonyl (C=O) groups excluding carboxylic acids is 1. The molecule has 21 heavy (non-hydrogen) atoms.